The van der Waals surface area contributed by atoms with E-state index in [1.165, 1.54) is 11.8 Å². The van der Waals surface area contributed by atoms with E-state index >= 15 is 0 Å². The third-order valence-electron chi connectivity index (χ3n) is 5.80. The fraction of sp³-hybridized carbons (Fsp3) is 0.250. The molecule has 0 spiro atoms. The number of methoxy groups -OCH3 is 2. The molecule has 4 rings (SSSR count). The lowest BCUT2D eigenvalue weighted by Crippen LogP contribution is -2.22. The molecule has 1 amide bonds. The largest absolute Gasteiger partial charge is 0.493 e. The number of amides is 1. The van der Waals surface area contributed by atoms with Gasteiger partial charge in [0.15, 0.2) is 16.7 Å². The van der Waals surface area contributed by atoms with Gasteiger partial charge in [0, 0.05) is 31.0 Å². The van der Waals surface area contributed by atoms with Gasteiger partial charge in [0.05, 0.1) is 27.0 Å². The molecule has 2 aromatic heterocycles. The zero-order chi connectivity index (χ0) is 26.9. The zero-order valence-electron chi connectivity index (χ0n) is 21.4. The Balaban J connectivity index is 1.35. The molecule has 1 N–H and O–H groups in total. The van der Waals surface area contributed by atoms with Crippen molar-refractivity contribution < 1.29 is 18.7 Å². The molecule has 10 heteroatoms. The molecule has 0 unspecified atom stereocenters. The van der Waals surface area contributed by atoms with Gasteiger partial charge in [-0.2, -0.15) is 0 Å². The van der Waals surface area contributed by atoms with Crippen LogP contribution in [0.1, 0.15) is 27.2 Å². The second-order valence-electron chi connectivity index (χ2n) is 8.44. The van der Waals surface area contributed by atoms with Crippen LogP contribution in [-0.4, -0.2) is 43.7 Å². The number of nitrogens with zero attached hydrogens (tertiary/aromatic N) is 3. The van der Waals surface area contributed by atoms with E-state index in [4.69, 9.17) is 30.5 Å². The van der Waals surface area contributed by atoms with Crippen molar-refractivity contribution in [1.82, 2.24) is 15.3 Å². The van der Waals surface area contributed by atoms with Crippen molar-refractivity contribution in [3.05, 3.63) is 94.5 Å². The number of thioether (sulfide) groups is 1. The Labute approximate surface area is 231 Å². The highest BCUT2D eigenvalue weighted by Crippen LogP contribution is 2.28. The quantitative estimate of drug-likeness (QED) is 0.137. The lowest BCUT2D eigenvalue weighted by Gasteiger charge is -2.19. The van der Waals surface area contributed by atoms with Crippen LogP contribution >= 0.6 is 23.4 Å². The van der Waals surface area contributed by atoms with Crippen molar-refractivity contribution in [2.45, 2.75) is 23.9 Å². The van der Waals surface area contributed by atoms with Crippen LogP contribution in [0.25, 0.3) is 0 Å². The molecule has 0 fully saturated rings. The summed E-state index contributed by atoms with van der Waals surface area (Å²) in [6.45, 7) is 1.06. The molecule has 0 atom stereocenters. The van der Waals surface area contributed by atoms with E-state index in [0.29, 0.717) is 45.4 Å². The predicted molar refractivity (Wildman–Crippen MR) is 149 cm³/mol. The van der Waals surface area contributed by atoms with Crippen molar-refractivity contribution >= 4 is 35.1 Å². The number of rotatable bonds is 12. The van der Waals surface area contributed by atoms with Crippen LogP contribution in [0.3, 0.4) is 0 Å². The van der Waals surface area contributed by atoms with Gasteiger partial charge >= 0.3 is 0 Å². The van der Waals surface area contributed by atoms with E-state index in [1.54, 1.807) is 38.7 Å². The van der Waals surface area contributed by atoms with Crippen LogP contribution < -0.4 is 19.7 Å². The monoisotopic (exact) mass is 552 g/mol. The van der Waals surface area contributed by atoms with Crippen LogP contribution in [0.4, 0.5) is 5.82 Å². The van der Waals surface area contributed by atoms with Crippen LogP contribution in [0.2, 0.25) is 5.15 Å². The third-order valence-corrected chi connectivity index (χ3v) is 6.91. The Morgan fingerprint density at radius 3 is 2.63 bits per heavy atom. The molecule has 0 aliphatic carbocycles. The lowest BCUT2D eigenvalue weighted by molar-refractivity contribution is 0.0948. The van der Waals surface area contributed by atoms with E-state index < -0.39 is 0 Å². The molecular weight excluding hydrogens is 524 g/mol. The maximum Gasteiger partial charge on any atom is 0.251 e. The first-order chi connectivity index (χ1) is 18.4. The molecule has 8 nitrogen and oxygen atoms in total. The van der Waals surface area contributed by atoms with Crippen molar-refractivity contribution in [3.8, 4) is 11.5 Å². The van der Waals surface area contributed by atoms with Gasteiger partial charge < -0.3 is 24.1 Å². The number of hydrogen-bond donors (Lipinski definition) is 1. The summed E-state index contributed by atoms with van der Waals surface area (Å²) in [6, 6.07) is 18.8. The summed E-state index contributed by atoms with van der Waals surface area (Å²) >= 11 is 7.79. The summed E-state index contributed by atoms with van der Waals surface area (Å²) in [6.07, 6.45) is 2.37. The van der Waals surface area contributed by atoms with Crippen LogP contribution in [-0.2, 0) is 18.7 Å². The Hall–Kier alpha value is -3.69. The second-order valence-corrected chi connectivity index (χ2v) is 9.77. The molecule has 198 valence electrons. The molecule has 0 radical (unpaired) electrons. The number of carbonyl (C=O) groups excluding carboxylic acids is 1. The van der Waals surface area contributed by atoms with Gasteiger partial charge in [-0.1, -0.05) is 41.6 Å². The minimum atomic E-state index is -0.161. The fourth-order valence-corrected chi connectivity index (χ4v) is 4.75. The van der Waals surface area contributed by atoms with Gasteiger partial charge in [-0.3, -0.25) is 4.79 Å². The molecule has 0 saturated carbocycles. The number of carbonyl (C=O) groups is 1. The standard InChI is InChI=1S/C28H29ClN4O4S/c1-33(12-11-19-9-10-23(35-2)24(15-19)36-3)26-16-25(29)31-28(32-26)38-18-20-6-4-7-21(14-20)27(34)30-17-22-8-5-13-37-22/h4-10,13-16H,11-12,17-18H2,1-3H3,(H,30,34). The Morgan fingerprint density at radius 2 is 1.87 bits per heavy atom. The normalized spacial score (nSPS) is 10.7. The number of benzene rings is 2. The number of hydrogen-bond acceptors (Lipinski definition) is 8. The van der Waals surface area contributed by atoms with Gasteiger partial charge in [0.2, 0.25) is 0 Å². The molecule has 38 heavy (non-hydrogen) atoms. The first kappa shape index (κ1) is 27.3. The molecule has 0 aliphatic heterocycles. The first-order valence-corrected chi connectivity index (χ1v) is 13.3. The summed E-state index contributed by atoms with van der Waals surface area (Å²) in [5.74, 6) is 3.27. The van der Waals surface area contributed by atoms with Crippen LogP contribution in [0, 0.1) is 0 Å². The number of anilines is 1. The SMILES string of the molecule is COc1ccc(CCN(C)c2cc(Cl)nc(SCc3cccc(C(=O)NCc4ccco4)c3)n2)cc1OC. The molecule has 4 aromatic rings. The summed E-state index contributed by atoms with van der Waals surface area (Å²) in [5.41, 5.74) is 2.68. The highest BCUT2D eigenvalue weighted by Gasteiger charge is 2.12. The topological polar surface area (TPSA) is 89.7 Å². The Morgan fingerprint density at radius 1 is 1.03 bits per heavy atom. The third kappa shape index (κ3) is 7.43. The minimum absolute atomic E-state index is 0.161. The molecule has 0 aliphatic rings. The smallest absolute Gasteiger partial charge is 0.251 e. The average Bonchev–Trinajstić information content (AvgIpc) is 3.47. The fourth-order valence-electron chi connectivity index (χ4n) is 3.73. The Kier molecular flexibility index (Phi) is 9.51. The van der Waals surface area contributed by atoms with Gasteiger partial charge in [-0.25, -0.2) is 9.97 Å². The van der Waals surface area contributed by atoms with Crippen LogP contribution in [0.5, 0.6) is 11.5 Å². The zero-order valence-corrected chi connectivity index (χ0v) is 23.0. The summed E-state index contributed by atoms with van der Waals surface area (Å²) < 4.78 is 16.0. The average molecular weight is 553 g/mol. The highest BCUT2D eigenvalue weighted by molar-refractivity contribution is 7.98. The first-order valence-electron chi connectivity index (χ1n) is 11.9. The lowest BCUT2D eigenvalue weighted by atomic mass is 10.1. The molecule has 2 heterocycles. The van der Waals surface area contributed by atoms with Gasteiger partial charge in [0.25, 0.3) is 5.91 Å². The summed E-state index contributed by atoms with van der Waals surface area (Å²) in [5, 5.41) is 3.81. The highest BCUT2D eigenvalue weighted by atomic mass is 35.5. The molecule has 0 saturated heterocycles. The number of nitrogens with one attached hydrogen (secondary N) is 1. The van der Waals surface area contributed by atoms with Crippen LogP contribution in [0.15, 0.2) is 76.5 Å². The predicted octanol–water partition coefficient (Wildman–Crippen LogP) is 5.64. The number of halogens is 1. The second kappa shape index (κ2) is 13.2. The van der Waals surface area contributed by atoms with Crippen molar-refractivity contribution in [1.29, 1.82) is 0 Å². The molecule has 0 bridgehead atoms. The van der Waals surface area contributed by atoms with E-state index in [1.807, 2.05) is 54.4 Å². The van der Waals surface area contributed by atoms with Crippen molar-refractivity contribution in [2.75, 3.05) is 32.7 Å². The van der Waals surface area contributed by atoms with E-state index in [9.17, 15) is 4.79 Å². The van der Waals surface area contributed by atoms with E-state index in [2.05, 4.69) is 10.3 Å². The minimum Gasteiger partial charge on any atom is -0.493 e. The number of likely N-dealkylation sites (N-methyl/N-ethyl adjacent to an activating group) is 1. The van der Waals surface area contributed by atoms with Crippen molar-refractivity contribution in [2.24, 2.45) is 0 Å². The maximum atomic E-state index is 12.5. The number of furan rings is 1. The van der Waals surface area contributed by atoms with Gasteiger partial charge in [-0.15, -0.1) is 0 Å². The van der Waals surface area contributed by atoms with E-state index in [-0.39, 0.29) is 5.91 Å². The summed E-state index contributed by atoms with van der Waals surface area (Å²) in [7, 11) is 5.22. The Bertz CT molecular complexity index is 1370. The number of ether oxygens (including phenoxy) is 2. The van der Waals surface area contributed by atoms with Gasteiger partial charge in [0.1, 0.15) is 16.7 Å². The van der Waals surface area contributed by atoms with E-state index in [0.717, 1.165) is 29.9 Å². The molecular formula is C28H29ClN4O4S. The van der Waals surface area contributed by atoms with Crippen molar-refractivity contribution in [3.63, 3.8) is 0 Å². The summed E-state index contributed by atoms with van der Waals surface area (Å²) in [4.78, 5) is 23.7. The number of aromatic nitrogens is 2. The van der Waals surface area contributed by atoms with Gasteiger partial charge in [-0.05, 0) is 53.9 Å². The molecule has 2 aromatic carbocycles. The maximum absolute atomic E-state index is 12.5.